The summed E-state index contributed by atoms with van der Waals surface area (Å²) in [6.07, 6.45) is 3.24. The number of pyridine rings is 1. The van der Waals surface area contributed by atoms with Crippen LogP contribution in [0.25, 0.3) is 5.57 Å². The van der Waals surface area contributed by atoms with Gasteiger partial charge < -0.3 is 9.47 Å². The van der Waals surface area contributed by atoms with Crippen molar-refractivity contribution in [1.82, 2.24) is 4.98 Å². The number of rotatable bonds is 5. The molecular formula is C15H18BrNO3. The van der Waals surface area contributed by atoms with Gasteiger partial charge in [0.1, 0.15) is 0 Å². The van der Waals surface area contributed by atoms with Gasteiger partial charge >= 0.3 is 5.97 Å². The van der Waals surface area contributed by atoms with Crippen LogP contribution in [0, 0.1) is 6.92 Å². The lowest BCUT2D eigenvalue weighted by atomic mass is 9.97. The molecule has 20 heavy (non-hydrogen) atoms. The second-order valence-electron chi connectivity index (χ2n) is 4.10. The van der Waals surface area contributed by atoms with Gasteiger partial charge in [0.25, 0.3) is 0 Å². The molecule has 0 aliphatic heterocycles. The highest BCUT2D eigenvalue weighted by Crippen LogP contribution is 2.34. The van der Waals surface area contributed by atoms with Crippen molar-refractivity contribution >= 4 is 27.5 Å². The van der Waals surface area contributed by atoms with E-state index in [0.29, 0.717) is 28.1 Å². The van der Waals surface area contributed by atoms with Gasteiger partial charge in [-0.15, -0.1) is 0 Å². The molecule has 0 amide bonds. The predicted octanol–water partition coefficient (Wildman–Crippen LogP) is 3.68. The highest BCUT2D eigenvalue weighted by Gasteiger charge is 2.22. The van der Waals surface area contributed by atoms with Crippen LogP contribution in [0.15, 0.2) is 28.9 Å². The normalized spacial score (nSPS) is 11.7. The minimum absolute atomic E-state index is 0.311. The van der Waals surface area contributed by atoms with Crippen molar-refractivity contribution < 1.29 is 14.3 Å². The summed E-state index contributed by atoms with van der Waals surface area (Å²) in [4.78, 5) is 16.4. The highest BCUT2D eigenvalue weighted by atomic mass is 79.9. The molecule has 0 bridgehead atoms. The summed E-state index contributed by atoms with van der Waals surface area (Å²) in [5.74, 6) is 0.0869. The topological polar surface area (TPSA) is 48.4 Å². The van der Waals surface area contributed by atoms with Gasteiger partial charge in [0.2, 0.25) is 5.88 Å². The number of aromatic nitrogens is 1. The molecule has 0 unspecified atom stereocenters. The van der Waals surface area contributed by atoms with Gasteiger partial charge in [-0.05, 0) is 42.3 Å². The fourth-order valence-corrected chi connectivity index (χ4v) is 2.44. The quantitative estimate of drug-likeness (QED) is 0.466. The Labute approximate surface area is 127 Å². The molecule has 1 rings (SSSR count). The van der Waals surface area contributed by atoms with Crippen LogP contribution in [0.4, 0.5) is 0 Å². The van der Waals surface area contributed by atoms with E-state index in [0.717, 1.165) is 11.1 Å². The molecule has 0 fully saturated rings. The van der Waals surface area contributed by atoms with Crippen LogP contribution in [-0.2, 0) is 9.53 Å². The van der Waals surface area contributed by atoms with Gasteiger partial charge in [0.05, 0.1) is 19.3 Å². The van der Waals surface area contributed by atoms with Crippen molar-refractivity contribution in [3.8, 4) is 5.88 Å². The van der Waals surface area contributed by atoms with E-state index in [1.165, 1.54) is 0 Å². The third kappa shape index (κ3) is 3.28. The molecule has 0 aliphatic carbocycles. The van der Waals surface area contributed by atoms with E-state index in [1.54, 1.807) is 26.3 Å². The minimum atomic E-state index is -0.387. The van der Waals surface area contributed by atoms with Crippen molar-refractivity contribution in [2.24, 2.45) is 0 Å². The molecule has 4 nitrogen and oxygen atoms in total. The zero-order valence-electron chi connectivity index (χ0n) is 12.1. The molecule has 0 saturated carbocycles. The number of halogens is 1. The number of carbonyl (C=O) groups is 1. The van der Waals surface area contributed by atoms with Crippen LogP contribution in [0.1, 0.15) is 25.0 Å². The van der Waals surface area contributed by atoms with Crippen molar-refractivity contribution in [3.05, 3.63) is 40.0 Å². The molecule has 0 atom stereocenters. The van der Waals surface area contributed by atoms with Gasteiger partial charge in [0, 0.05) is 21.8 Å². The first-order valence-corrected chi connectivity index (χ1v) is 6.97. The zero-order valence-corrected chi connectivity index (χ0v) is 13.7. The monoisotopic (exact) mass is 339 g/mol. The standard InChI is InChI=1S/C15H18BrNO3/c1-6-9(3)12(15(18)20-7-2)13-10(4)14(19-5)17-8-11(13)16/h6,8H,1,7H2,2-5H3/b12-9+. The number of methoxy groups -OCH3 is 1. The first-order valence-electron chi connectivity index (χ1n) is 6.17. The molecule has 0 saturated heterocycles. The Morgan fingerprint density at radius 1 is 1.55 bits per heavy atom. The van der Waals surface area contributed by atoms with E-state index in [4.69, 9.17) is 9.47 Å². The molecule has 0 aromatic carbocycles. The van der Waals surface area contributed by atoms with Crippen molar-refractivity contribution in [2.45, 2.75) is 20.8 Å². The fraction of sp³-hybridized carbons (Fsp3) is 0.333. The number of nitrogens with zero attached hydrogens (tertiary/aromatic N) is 1. The number of carbonyl (C=O) groups excluding carboxylic acids is 1. The Kier molecular flexibility index (Phi) is 5.95. The Bertz CT molecular complexity index is 564. The Balaban J connectivity index is 3.58. The molecule has 0 aliphatic rings. The third-order valence-corrected chi connectivity index (χ3v) is 3.45. The average Bonchev–Trinajstić information content (AvgIpc) is 2.43. The number of allylic oxidation sites excluding steroid dienone is 2. The lowest BCUT2D eigenvalue weighted by Gasteiger charge is -2.15. The Morgan fingerprint density at radius 2 is 2.20 bits per heavy atom. The second kappa shape index (κ2) is 7.24. The molecule has 1 heterocycles. The summed E-state index contributed by atoms with van der Waals surface area (Å²) in [7, 11) is 1.54. The summed E-state index contributed by atoms with van der Waals surface area (Å²) in [6.45, 7) is 9.47. The highest BCUT2D eigenvalue weighted by molar-refractivity contribution is 9.10. The maximum Gasteiger partial charge on any atom is 0.339 e. The van der Waals surface area contributed by atoms with Gasteiger partial charge in [0.15, 0.2) is 0 Å². The van der Waals surface area contributed by atoms with Gasteiger partial charge in [-0.1, -0.05) is 12.7 Å². The van der Waals surface area contributed by atoms with E-state index in [-0.39, 0.29) is 5.97 Å². The lowest BCUT2D eigenvalue weighted by Crippen LogP contribution is -2.11. The summed E-state index contributed by atoms with van der Waals surface area (Å²) in [5, 5.41) is 0. The SMILES string of the molecule is C=C/C(C)=C(/C(=O)OCC)c1c(Br)cnc(OC)c1C. The molecule has 5 heteroatoms. The van der Waals surface area contributed by atoms with E-state index in [2.05, 4.69) is 27.5 Å². The summed E-state index contributed by atoms with van der Waals surface area (Å²) in [5.41, 5.74) is 2.69. The molecule has 1 aromatic rings. The van der Waals surface area contributed by atoms with Crippen LogP contribution < -0.4 is 4.74 Å². The third-order valence-electron chi connectivity index (χ3n) is 2.85. The Hall–Kier alpha value is -1.62. The van der Waals surface area contributed by atoms with Crippen LogP contribution in [-0.4, -0.2) is 24.7 Å². The average molecular weight is 340 g/mol. The van der Waals surface area contributed by atoms with E-state index in [9.17, 15) is 4.79 Å². The van der Waals surface area contributed by atoms with E-state index < -0.39 is 0 Å². The summed E-state index contributed by atoms with van der Waals surface area (Å²) >= 11 is 3.43. The maximum atomic E-state index is 12.2. The van der Waals surface area contributed by atoms with E-state index in [1.807, 2.05) is 13.8 Å². The molecular weight excluding hydrogens is 322 g/mol. The maximum absolute atomic E-state index is 12.2. The first-order chi connectivity index (χ1) is 9.47. The number of hydrogen-bond acceptors (Lipinski definition) is 4. The van der Waals surface area contributed by atoms with Crippen molar-refractivity contribution in [2.75, 3.05) is 13.7 Å². The van der Waals surface area contributed by atoms with Crippen molar-refractivity contribution in [3.63, 3.8) is 0 Å². The summed E-state index contributed by atoms with van der Waals surface area (Å²) < 4.78 is 11.1. The molecule has 0 spiro atoms. The predicted molar refractivity (Wildman–Crippen MR) is 82.7 cm³/mol. The van der Waals surface area contributed by atoms with Crippen LogP contribution in [0.3, 0.4) is 0 Å². The zero-order chi connectivity index (χ0) is 15.3. The Morgan fingerprint density at radius 3 is 2.70 bits per heavy atom. The largest absolute Gasteiger partial charge is 0.481 e. The smallest absolute Gasteiger partial charge is 0.339 e. The van der Waals surface area contributed by atoms with Crippen LogP contribution >= 0.6 is 15.9 Å². The fourth-order valence-electron chi connectivity index (χ4n) is 1.84. The van der Waals surface area contributed by atoms with Crippen molar-refractivity contribution in [1.29, 1.82) is 0 Å². The van der Waals surface area contributed by atoms with E-state index >= 15 is 0 Å². The summed E-state index contributed by atoms with van der Waals surface area (Å²) in [6, 6.07) is 0. The minimum Gasteiger partial charge on any atom is -0.481 e. The van der Waals surface area contributed by atoms with Crippen LogP contribution in [0.2, 0.25) is 0 Å². The molecule has 108 valence electrons. The van der Waals surface area contributed by atoms with Gasteiger partial charge in [-0.2, -0.15) is 0 Å². The van der Waals surface area contributed by atoms with Gasteiger partial charge in [-0.25, -0.2) is 9.78 Å². The van der Waals surface area contributed by atoms with Gasteiger partial charge in [-0.3, -0.25) is 0 Å². The van der Waals surface area contributed by atoms with Crippen LogP contribution in [0.5, 0.6) is 5.88 Å². The number of ether oxygens (including phenoxy) is 2. The number of esters is 1. The lowest BCUT2D eigenvalue weighted by molar-refractivity contribution is -0.136. The molecule has 0 N–H and O–H groups in total. The molecule has 1 aromatic heterocycles. The second-order valence-corrected chi connectivity index (χ2v) is 4.95. The molecule has 0 radical (unpaired) electrons. The first kappa shape index (κ1) is 16.4. The number of hydrogen-bond donors (Lipinski definition) is 0.